The maximum atomic E-state index is 2.37. The van der Waals surface area contributed by atoms with Crippen LogP contribution in [0.4, 0.5) is 0 Å². The van der Waals surface area contributed by atoms with Crippen LogP contribution in [0, 0.1) is 11.3 Å². The molecule has 0 fully saturated rings. The highest BCUT2D eigenvalue weighted by Gasteiger charge is 2.16. The Hall–Kier alpha value is -0.260. The van der Waals surface area contributed by atoms with Gasteiger partial charge in [-0.15, -0.1) is 0 Å². The lowest BCUT2D eigenvalue weighted by molar-refractivity contribution is 0.314. The van der Waals surface area contributed by atoms with Gasteiger partial charge in [0.2, 0.25) is 0 Å². The molecule has 0 aromatic carbocycles. The van der Waals surface area contributed by atoms with Gasteiger partial charge in [0.25, 0.3) is 0 Å². The van der Waals surface area contributed by atoms with Crippen molar-refractivity contribution in [1.82, 2.24) is 0 Å². The van der Waals surface area contributed by atoms with Gasteiger partial charge in [0, 0.05) is 0 Å². The van der Waals surface area contributed by atoms with Gasteiger partial charge in [-0.3, -0.25) is 0 Å². The van der Waals surface area contributed by atoms with Crippen LogP contribution in [0.2, 0.25) is 0 Å². The number of unbranched alkanes of at least 4 members (excludes halogenated alkanes) is 3. The highest BCUT2D eigenvalue weighted by Crippen LogP contribution is 2.26. The van der Waals surface area contributed by atoms with Crippen molar-refractivity contribution >= 4 is 0 Å². The normalized spacial score (nSPS) is 15.2. The zero-order valence-electron chi connectivity index (χ0n) is 10.1. The highest BCUT2D eigenvalue weighted by molar-refractivity contribution is 4.91. The molecule has 0 aliphatic heterocycles. The van der Waals surface area contributed by atoms with E-state index in [2.05, 4.69) is 46.8 Å². The number of allylic oxidation sites excluding steroid dienone is 2. The zero-order chi connectivity index (χ0) is 10.3. The molecule has 0 spiro atoms. The van der Waals surface area contributed by atoms with Gasteiger partial charge in [-0.2, -0.15) is 0 Å². The predicted octanol–water partition coefficient (Wildman–Crippen LogP) is 4.81. The monoisotopic (exact) mass is 182 g/mol. The van der Waals surface area contributed by atoms with Crippen molar-refractivity contribution in [2.45, 2.75) is 60.3 Å². The molecule has 1 unspecified atom stereocenters. The fraction of sp³-hybridized carbons (Fsp3) is 0.846. The second kappa shape index (κ2) is 6.23. The molecular weight excluding hydrogens is 156 g/mol. The van der Waals surface area contributed by atoms with Crippen molar-refractivity contribution in [3.63, 3.8) is 0 Å². The molecule has 0 N–H and O–H groups in total. The van der Waals surface area contributed by atoms with E-state index in [1.165, 1.54) is 25.7 Å². The zero-order valence-corrected chi connectivity index (χ0v) is 10.1. The molecule has 0 nitrogen and oxygen atoms in total. The Balaban J connectivity index is 3.60. The lowest BCUT2D eigenvalue weighted by Crippen LogP contribution is -2.14. The first-order valence-electron chi connectivity index (χ1n) is 5.65. The van der Waals surface area contributed by atoms with Gasteiger partial charge >= 0.3 is 0 Å². The first-order chi connectivity index (χ1) is 5.98. The Morgan fingerprint density at radius 1 is 1.15 bits per heavy atom. The van der Waals surface area contributed by atoms with E-state index in [4.69, 9.17) is 0 Å². The standard InChI is InChI=1S/C13H26/c1-6-7-8-9-10-11-12(2)13(3,4)5/h10-12H,6-9H2,1-5H3. The van der Waals surface area contributed by atoms with Crippen molar-refractivity contribution < 1.29 is 0 Å². The summed E-state index contributed by atoms with van der Waals surface area (Å²) in [7, 11) is 0. The summed E-state index contributed by atoms with van der Waals surface area (Å²) in [6.07, 6.45) is 10.0. The van der Waals surface area contributed by atoms with Gasteiger partial charge in [-0.1, -0.05) is 59.6 Å². The first kappa shape index (κ1) is 12.7. The Morgan fingerprint density at radius 3 is 2.23 bits per heavy atom. The van der Waals surface area contributed by atoms with E-state index in [1.807, 2.05) is 0 Å². The van der Waals surface area contributed by atoms with Crippen LogP contribution in [0.25, 0.3) is 0 Å². The second-order valence-corrected chi connectivity index (χ2v) is 5.08. The molecule has 0 aromatic rings. The van der Waals surface area contributed by atoms with Crippen LogP contribution in [-0.2, 0) is 0 Å². The molecule has 0 saturated carbocycles. The highest BCUT2D eigenvalue weighted by atomic mass is 14.2. The van der Waals surface area contributed by atoms with Crippen molar-refractivity contribution in [3.05, 3.63) is 12.2 Å². The van der Waals surface area contributed by atoms with E-state index in [-0.39, 0.29) is 0 Å². The molecule has 0 aliphatic rings. The third-order valence-electron chi connectivity index (χ3n) is 2.77. The minimum absolute atomic E-state index is 0.418. The average Bonchev–Trinajstić information content (AvgIpc) is 2.02. The molecule has 13 heavy (non-hydrogen) atoms. The van der Waals surface area contributed by atoms with E-state index in [0.717, 1.165) is 0 Å². The van der Waals surface area contributed by atoms with Crippen molar-refractivity contribution in [3.8, 4) is 0 Å². The van der Waals surface area contributed by atoms with Gasteiger partial charge in [0.15, 0.2) is 0 Å². The molecule has 0 heteroatoms. The number of hydrogen-bond acceptors (Lipinski definition) is 0. The molecule has 1 atom stereocenters. The van der Waals surface area contributed by atoms with Crippen molar-refractivity contribution in [2.75, 3.05) is 0 Å². The Bertz CT molecular complexity index is 137. The molecular formula is C13H26. The molecule has 0 saturated heterocycles. The molecule has 0 aliphatic carbocycles. The molecule has 0 rings (SSSR count). The van der Waals surface area contributed by atoms with E-state index >= 15 is 0 Å². The smallest absolute Gasteiger partial charge is 0.0213 e. The van der Waals surface area contributed by atoms with Crippen LogP contribution in [0.1, 0.15) is 60.3 Å². The lowest BCUT2D eigenvalue weighted by atomic mass is 9.82. The van der Waals surface area contributed by atoms with Gasteiger partial charge in [0.1, 0.15) is 0 Å². The third kappa shape index (κ3) is 6.86. The van der Waals surface area contributed by atoms with Gasteiger partial charge in [-0.25, -0.2) is 0 Å². The van der Waals surface area contributed by atoms with Gasteiger partial charge in [0.05, 0.1) is 0 Å². The van der Waals surface area contributed by atoms with E-state index in [0.29, 0.717) is 11.3 Å². The summed E-state index contributed by atoms with van der Waals surface area (Å²) in [6, 6.07) is 0. The summed E-state index contributed by atoms with van der Waals surface area (Å²) in [5.41, 5.74) is 0.418. The van der Waals surface area contributed by atoms with Crippen LogP contribution in [-0.4, -0.2) is 0 Å². The Kier molecular flexibility index (Phi) is 6.11. The minimum Gasteiger partial charge on any atom is -0.0883 e. The summed E-state index contributed by atoms with van der Waals surface area (Å²) in [6.45, 7) is 11.5. The van der Waals surface area contributed by atoms with E-state index in [1.54, 1.807) is 0 Å². The van der Waals surface area contributed by atoms with Crippen LogP contribution < -0.4 is 0 Å². The molecule has 78 valence electrons. The summed E-state index contributed by atoms with van der Waals surface area (Å²) >= 11 is 0. The van der Waals surface area contributed by atoms with Crippen LogP contribution in [0.15, 0.2) is 12.2 Å². The van der Waals surface area contributed by atoms with Crippen LogP contribution in [0.5, 0.6) is 0 Å². The summed E-state index contributed by atoms with van der Waals surface area (Å²) in [5, 5.41) is 0. The van der Waals surface area contributed by atoms with Crippen molar-refractivity contribution in [1.29, 1.82) is 0 Å². The molecule has 0 bridgehead atoms. The van der Waals surface area contributed by atoms with Crippen LogP contribution >= 0.6 is 0 Å². The maximum Gasteiger partial charge on any atom is -0.0213 e. The quantitative estimate of drug-likeness (QED) is 0.423. The lowest BCUT2D eigenvalue weighted by Gasteiger charge is -2.24. The van der Waals surface area contributed by atoms with E-state index < -0.39 is 0 Å². The number of hydrogen-bond donors (Lipinski definition) is 0. The predicted molar refractivity (Wildman–Crippen MR) is 61.9 cm³/mol. The second-order valence-electron chi connectivity index (χ2n) is 5.08. The maximum absolute atomic E-state index is 2.37. The van der Waals surface area contributed by atoms with Gasteiger partial charge < -0.3 is 0 Å². The fourth-order valence-electron chi connectivity index (χ4n) is 1.10. The Labute approximate surface area is 84.4 Å². The largest absolute Gasteiger partial charge is 0.0883 e. The molecule has 0 radical (unpaired) electrons. The fourth-order valence-corrected chi connectivity index (χ4v) is 1.10. The average molecular weight is 182 g/mol. The number of rotatable bonds is 5. The summed E-state index contributed by atoms with van der Waals surface area (Å²) < 4.78 is 0. The third-order valence-corrected chi connectivity index (χ3v) is 2.77. The minimum atomic E-state index is 0.418. The molecule has 0 aromatic heterocycles. The SMILES string of the molecule is CCCCCC=CC(C)C(C)(C)C. The van der Waals surface area contributed by atoms with E-state index in [9.17, 15) is 0 Å². The summed E-state index contributed by atoms with van der Waals surface area (Å²) in [4.78, 5) is 0. The van der Waals surface area contributed by atoms with Gasteiger partial charge in [-0.05, 0) is 24.2 Å². The van der Waals surface area contributed by atoms with Crippen LogP contribution in [0.3, 0.4) is 0 Å². The molecule has 0 amide bonds. The van der Waals surface area contributed by atoms with Crippen molar-refractivity contribution in [2.24, 2.45) is 11.3 Å². The first-order valence-corrected chi connectivity index (χ1v) is 5.65. The summed E-state index contributed by atoms with van der Waals surface area (Å²) in [5.74, 6) is 0.689. The Morgan fingerprint density at radius 2 is 1.77 bits per heavy atom. The topological polar surface area (TPSA) is 0 Å². The molecule has 0 heterocycles.